The number of amides is 1. The van der Waals surface area contributed by atoms with Gasteiger partial charge in [0.1, 0.15) is 23.6 Å². The van der Waals surface area contributed by atoms with Gasteiger partial charge in [0.15, 0.2) is 0 Å². The van der Waals surface area contributed by atoms with E-state index < -0.39 is 0 Å². The number of carbonyl (C=O) groups is 1. The Labute approximate surface area is 234 Å². The van der Waals surface area contributed by atoms with E-state index in [-0.39, 0.29) is 23.8 Å². The number of pyridine rings is 1. The van der Waals surface area contributed by atoms with Crippen LogP contribution in [0.1, 0.15) is 62.5 Å². The van der Waals surface area contributed by atoms with Crippen molar-refractivity contribution < 1.29 is 4.79 Å². The number of nitrogens with zero attached hydrogens (tertiary/aromatic N) is 5. The largest absolute Gasteiger partial charge is 0.355 e. The van der Waals surface area contributed by atoms with E-state index in [1.807, 2.05) is 56.6 Å². The van der Waals surface area contributed by atoms with Crippen LogP contribution in [-0.2, 0) is 4.79 Å². The van der Waals surface area contributed by atoms with Crippen molar-refractivity contribution in [2.75, 3.05) is 23.3 Å². The predicted octanol–water partition coefficient (Wildman–Crippen LogP) is 5.65. The number of hydrogen-bond acceptors (Lipinski definition) is 6. The third-order valence-corrected chi connectivity index (χ3v) is 7.55. The minimum atomic E-state index is -0.0305. The van der Waals surface area contributed by atoms with Crippen LogP contribution < -0.4 is 16.0 Å². The molecular weight excluding hydrogens is 510 g/mol. The number of carbonyl (C=O) groups excluding carboxylic acids is 1. The lowest BCUT2D eigenvalue weighted by Crippen LogP contribution is -2.27. The third-order valence-electron chi connectivity index (χ3n) is 7.32. The maximum absolute atomic E-state index is 12.5. The summed E-state index contributed by atoms with van der Waals surface area (Å²) >= 11 is 6.03. The highest BCUT2D eigenvalue weighted by atomic mass is 35.5. The van der Waals surface area contributed by atoms with E-state index in [1.54, 1.807) is 0 Å². The first kappa shape index (κ1) is 27.1. The second-order valence-electron chi connectivity index (χ2n) is 10.2. The summed E-state index contributed by atoms with van der Waals surface area (Å²) in [7, 11) is 0. The molecule has 204 valence electrons. The van der Waals surface area contributed by atoms with Crippen LogP contribution in [0.2, 0.25) is 5.02 Å². The fourth-order valence-electron chi connectivity index (χ4n) is 4.99. The van der Waals surface area contributed by atoms with Gasteiger partial charge in [0.05, 0.1) is 0 Å². The minimum Gasteiger partial charge on any atom is -0.355 e. The molecule has 2 unspecified atom stereocenters. The van der Waals surface area contributed by atoms with Crippen LogP contribution in [0.4, 0.5) is 11.6 Å². The monoisotopic (exact) mass is 545 g/mol. The molecule has 2 saturated carbocycles. The molecule has 3 aromatic heterocycles. The summed E-state index contributed by atoms with van der Waals surface area (Å²) in [6.45, 7) is 5.66. The molecule has 2 aliphatic carbocycles. The number of nitrogens with one attached hydrogen (secondary N) is 1. The lowest BCUT2D eigenvalue weighted by Gasteiger charge is -2.17. The van der Waals surface area contributed by atoms with Crippen LogP contribution in [0.3, 0.4) is 0 Å². The average Bonchev–Trinajstić information content (AvgIpc) is 3.87. The Hall–Kier alpha value is -3.49. The summed E-state index contributed by atoms with van der Waals surface area (Å²) in [6.07, 6.45) is 12.0. The number of nitrogens with two attached hydrogens (primary N) is 1. The van der Waals surface area contributed by atoms with Gasteiger partial charge in [-0.1, -0.05) is 43.6 Å². The molecule has 9 heteroatoms. The third kappa shape index (κ3) is 6.75. The molecule has 0 spiro atoms. The molecule has 0 bridgehead atoms. The van der Waals surface area contributed by atoms with Crippen LogP contribution in [0.25, 0.3) is 5.65 Å². The first-order valence-electron chi connectivity index (χ1n) is 13.8. The smallest absolute Gasteiger partial charge is 0.229 e. The van der Waals surface area contributed by atoms with E-state index >= 15 is 0 Å². The van der Waals surface area contributed by atoms with E-state index in [1.165, 1.54) is 24.7 Å². The van der Waals surface area contributed by atoms with Crippen LogP contribution in [0.15, 0.2) is 67.4 Å². The molecule has 3 atom stereocenters. The van der Waals surface area contributed by atoms with Crippen LogP contribution >= 0.6 is 11.6 Å². The van der Waals surface area contributed by atoms with Crippen LogP contribution in [0.5, 0.6) is 0 Å². The fraction of sp³-hybridized carbons (Fsp3) is 0.400. The maximum atomic E-state index is 12.5. The van der Waals surface area contributed by atoms with E-state index in [2.05, 4.69) is 47.9 Å². The fourth-order valence-corrected chi connectivity index (χ4v) is 5.19. The Kier molecular flexibility index (Phi) is 8.43. The average molecular weight is 546 g/mol. The Balaban J connectivity index is 0.000000182. The van der Waals surface area contributed by atoms with Gasteiger partial charge in [-0.3, -0.25) is 4.79 Å². The van der Waals surface area contributed by atoms with E-state index in [0.717, 1.165) is 48.9 Å². The first-order chi connectivity index (χ1) is 19.0. The summed E-state index contributed by atoms with van der Waals surface area (Å²) in [6, 6.07) is 14.0. The SMILES string of the molecule is CC.NC1CCN(c2cc(NC(=O)C3C[C@@H]3c3cccc(Cl)c3)ncn2)C1.c1cn2cc(C3CC3)ccc2n1. The molecule has 3 aliphatic rings. The van der Waals surface area contributed by atoms with Crippen molar-refractivity contribution in [3.63, 3.8) is 0 Å². The molecule has 7 rings (SSSR count). The highest BCUT2D eigenvalue weighted by Crippen LogP contribution is 2.48. The van der Waals surface area contributed by atoms with Crippen molar-refractivity contribution in [3.8, 4) is 0 Å². The van der Waals surface area contributed by atoms with E-state index in [4.69, 9.17) is 17.3 Å². The zero-order valence-corrected chi connectivity index (χ0v) is 23.3. The number of halogens is 1. The number of hydrogen-bond donors (Lipinski definition) is 2. The molecular formula is C30H36ClN7O. The maximum Gasteiger partial charge on any atom is 0.229 e. The summed E-state index contributed by atoms with van der Waals surface area (Å²) in [5.74, 6) is 2.37. The second-order valence-corrected chi connectivity index (χ2v) is 10.6. The van der Waals surface area contributed by atoms with Gasteiger partial charge in [0.25, 0.3) is 0 Å². The van der Waals surface area contributed by atoms with Gasteiger partial charge < -0.3 is 20.4 Å². The number of anilines is 2. The molecule has 1 aromatic carbocycles. The molecule has 1 aliphatic heterocycles. The van der Waals surface area contributed by atoms with Gasteiger partial charge in [0.2, 0.25) is 5.91 Å². The van der Waals surface area contributed by atoms with Crippen molar-refractivity contribution in [2.45, 2.75) is 57.4 Å². The van der Waals surface area contributed by atoms with Gasteiger partial charge >= 0.3 is 0 Å². The number of aromatic nitrogens is 4. The standard InChI is InChI=1S/C18H20ClN5O.C10H10N2.C2H6/c19-12-3-1-2-11(6-12)14-7-15(14)18(25)23-16-8-17(22-10-21-16)24-5-4-13(20)9-24;1-2-8(1)9-3-4-10-11-5-6-12(10)7-9;1-2/h1-3,6,8,10,13-15H,4-5,7,9,20H2,(H,21,22,23,25);3-8H,1-2H2;1-2H3/t13?,14-,15?;;/m1../s1. The molecule has 1 amide bonds. The van der Waals surface area contributed by atoms with Crippen molar-refractivity contribution >= 4 is 34.8 Å². The van der Waals surface area contributed by atoms with Crippen LogP contribution in [0, 0.1) is 5.92 Å². The Morgan fingerprint density at radius 2 is 1.90 bits per heavy atom. The molecule has 8 nitrogen and oxygen atoms in total. The quantitative estimate of drug-likeness (QED) is 0.336. The zero-order chi connectivity index (χ0) is 27.4. The number of fused-ring (bicyclic) bond motifs is 1. The number of rotatable bonds is 5. The highest BCUT2D eigenvalue weighted by molar-refractivity contribution is 6.30. The highest BCUT2D eigenvalue weighted by Gasteiger charge is 2.44. The van der Waals surface area contributed by atoms with Crippen molar-refractivity contribution in [1.29, 1.82) is 0 Å². The molecule has 39 heavy (non-hydrogen) atoms. The predicted molar refractivity (Wildman–Crippen MR) is 156 cm³/mol. The van der Waals surface area contributed by atoms with E-state index in [0.29, 0.717) is 10.8 Å². The van der Waals surface area contributed by atoms with E-state index in [9.17, 15) is 4.79 Å². The number of imidazole rings is 1. The topological polar surface area (TPSA) is 101 Å². The summed E-state index contributed by atoms with van der Waals surface area (Å²) in [4.78, 5) is 27.3. The Bertz CT molecular complexity index is 1420. The summed E-state index contributed by atoms with van der Waals surface area (Å²) < 4.78 is 2.09. The second kappa shape index (κ2) is 12.1. The molecule has 4 aromatic rings. The van der Waals surface area contributed by atoms with Crippen LogP contribution in [-0.4, -0.2) is 44.4 Å². The van der Waals surface area contributed by atoms with Gasteiger partial charge in [-0.05, 0) is 66.8 Å². The minimum absolute atomic E-state index is 0.00671. The summed E-state index contributed by atoms with van der Waals surface area (Å²) in [5.41, 5.74) is 9.56. The van der Waals surface area contributed by atoms with Crippen molar-refractivity contribution in [1.82, 2.24) is 19.4 Å². The summed E-state index contributed by atoms with van der Waals surface area (Å²) in [5, 5.41) is 3.61. The lowest BCUT2D eigenvalue weighted by atomic mass is 10.1. The molecule has 3 N–H and O–H groups in total. The van der Waals surface area contributed by atoms with Gasteiger partial charge in [-0.2, -0.15) is 0 Å². The van der Waals surface area contributed by atoms with Gasteiger partial charge in [-0.25, -0.2) is 15.0 Å². The molecule has 4 heterocycles. The Morgan fingerprint density at radius 1 is 1.05 bits per heavy atom. The normalized spacial score (nSPS) is 21.4. The zero-order valence-electron chi connectivity index (χ0n) is 22.5. The lowest BCUT2D eigenvalue weighted by molar-refractivity contribution is -0.117. The van der Waals surface area contributed by atoms with Gasteiger partial charge in [0, 0.05) is 54.7 Å². The van der Waals surface area contributed by atoms with Gasteiger partial charge in [-0.15, -0.1) is 0 Å². The molecule has 1 saturated heterocycles. The first-order valence-corrected chi connectivity index (χ1v) is 14.2. The Morgan fingerprint density at radius 3 is 2.64 bits per heavy atom. The number of benzene rings is 1. The van der Waals surface area contributed by atoms with Crippen molar-refractivity contribution in [3.05, 3.63) is 83.5 Å². The van der Waals surface area contributed by atoms with Crippen molar-refractivity contribution in [2.24, 2.45) is 11.7 Å². The molecule has 3 fully saturated rings. The molecule has 0 radical (unpaired) electrons.